The van der Waals surface area contributed by atoms with E-state index in [1.165, 1.54) is 0 Å². The van der Waals surface area contributed by atoms with Gasteiger partial charge in [-0.2, -0.15) is 5.10 Å². The molecule has 7 nitrogen and oxygen atoms in total. The molecule has 0 bridgehead atoms. The van der Waals surface area contributed by atoms with Crippen LogP contribution < -0.4 is 0 Å². The summed E-state index contributed by atoms with van der Waals surface area (Å²) in [5.41, 5.74) is 1.16. The lowest BCUT2D eigenvalue weighted by Gasteiger charge is -2.38. The van der Waals surface area contributed by atoms with Crippen LogP contribution in [0.3, 0.4) is 0 Å². The van der Waals surface area contributed by atoms with Crippen molar-refractivity contribution in [2.45, 2.75) is 52.2 Å². The Morgan fingerprint density at radius 2 is 1.88 bits per heavy atom. The minimum atomic E-state index is -0.118. The van der Waals surface area contributed by atoms with Crippen LogP contribution in [0.25, 0.3) is 0 Å². The third-order valence-corrected chi connectivity index (χ3v) is 5.47. The summed E-state index contributed by atoms with van der Waals surface area (Å²) in [6, 6.07) is 0.241. The maximum atomic E-state index is 12.9. The van der Waals surface area contributed by atoms with Gasteiger partial charge in [-0.3, -0.25) is 19.2 Å². The van der Waals surface area contributed by atoms with Gasteiger partial charge in [0.25, 0.3) is 0 Å². The zero-order valence-corrected chi connectivity index (χ0v) is 15.5. The first-order valence-corrected chi connectivity index (χ1v) is 9.25. The molecular formula is C18H29N5O2. The molecule has 2 atom stereocenters. The molecule has 25 heavy (non-hydrogen) atoms. The third-order valence-electron chi connectivity index (χ3n) is 5.47. The molecule has 2 unspecified atom stereocenters. The van der Waals surface area contributed by atoms with Gasteiger partial charge in [0.05, 0.1) is 18.8 Å². The Morgan fingerprint density at radius 1 is 1.20 bits per heavy atom. The van der Waals surface area contributed by atoms with Gasteiger partial charge in [0.2, 0.25) is 11.8 Å². The van der Waals surface area contributed by atoms with Gasteiger partial charge in [-0.25, -0.2) is 0 Å². The van der Waals surface area contributed by atoms with Crippen LogP contribution in [-0.4, -0.2) is 81.1 Å². The number of likely N-dealkylation sites (tertiary alicyclic amines) is 1. The molecule has 3 heterocycles. The number of hydrogen-bond donors (Lipinski definition) is 0. The zero-order chi connectivity index (χ0) is 18.0. The lowest BCUT2D eigenvalue weighted by Crippen LogP contribution is -2.55. The summed E-state index contributed by atoms with van der Waals surface area (Å²) in [7, 11) is 0. The lowest BCUT2D eigenvalue weighted by atomic mass is 10.1. The highest BCUT2D eigenvalue weighted by atomic mass is 16.2. The van der Waals surface area contributed by atoms with Crippen molar-refractivity contribution in [1.82, 2.24) is 24.5 Å². The van der Waals surface area contributed by atoms with Crippen LogP contribution in [-0.2, 0) is 16.1 Å². The number of piperazine rings is 1. The van der Waals surface area contributed by atoms with Gasteiger partial charge in [-0.1, -0.05) is 0 Å². The molecule has 7 heteroatoms. The highest BCUT2D eigenvalue weighted by Crippen LogP contribution is 2.23. The summed E-state index contributed by atoms with van der Waals surface area (Å²) in [5, 5.41) is 4.39. The number of carbonyl (C=O) groups is 2. The SMILES string of the molecule is CC(=O)N1CCN(C(=O)C(C)N2CCCC2Cn2cc(C)cn2)CC1. The average Bonchev–Trinajstić information content (AvgIpc) is 3.23. The first kappa shape index (κ1) is 17.9. The molecule has 1 aromatic heterocycles. The predicted octanol–water partition coefficient (Wildman–Crippen LogP) is 0.735. The van der Waals surface area contributed by atoms with E-state index < -0.39 is 0 Å². The number of rotatable bonds is 4. The molecule has 0 saturated carbocycles. The highest BCUT2D eigenvalue weighted by molar-refractivity contribution is 5.82. The Labute approximate surface area is 149 Å². The fourth-order valence-electron chi connectivity index (χ4n) is 3.99. The van der Waals surface area contributed by atoms with E-state index in [-0.39, 0.29) is 17.9 Å². The summed E-state index contributed by atoms with van der Waals surface area (Å²) in [6.07, 6.45) is 6.17. The van der Waals surface area contributed by atoms with Gasteiger partial charge >= 0.3 is 0 Å². The third kappa shape index (κ3) is 4.03. The maximum Gasteiger partial charge on any atom is 0.239 e. The minimum absolute atomic E-state index is 0.0919. The van der Waals surface area contributed by atoms with E-state index in [0.29, 0.717) is 32.2 Å². The number of amides is 2. The Bertz CT molecular complexity index is 621. The van der Waals surface area contributed by atoms with E-state index >= 15 is 0 Å². The molecule has 0 aromatic carbocycles. The minimum Gasteiger partial charge on any atom is -0.339 e. The van der Waals surface area contributed by atoms with Crippen LogP contribution in [0.1, 0.15) is 32.3 Å². The Morgan fingerprint density at radius 3 is 2.48 bits per heavy atom. The summed E-state index contributed by atoms with van der Waals surface area (Å²) in [4.78, 5) is 30.4. The first-order valence-electron chi connectivity index (χ1n) is 9.25. The number of hydrogen-bond acceptors (Lipinski definition) is 4. The van der Waals surface area contributed by atoms with Crippen LogP contribution in [0.5, 0.6) is 0 Å². The van der Waals surface area contributed by atoms with E-state index in [1.807, 2.05) is 34.5 Å². The van der Waals surface area contributed by atoms with Crippen molar-refractivity contribution in [3.63, 3.8) is 0 Å². The second-order valence-electron chi connectivity index (χ2n) is 7.28. The van der Waals surface area contributed by atoms with Gasteiger partial charge in [-0.05, 0) is 38.8 Å². The second-order valence-corrected chi connectivity index (χ2v) is 7.28. The Balaban J connectivity index is 1.58. The second kappa shape index (κ2) is 7.56. The summed E-state index contributed by atoms with van der Waals surface area (Å²) in [5.74, 6) is 0.279. The first-order chi connectivity index (χ1) is 12.0. The van der Waals surface area contributed by atoms with Crippen molar-refractivity contribution in [1.29, 1.82) is 0 Å². The zero-order valence-electron chi connectivity index (χ0n) is 15.5. The molecule has 2 aliphatic heterocycles. The van der Waals surface area contributed by atoms with Gasteiger partial charge in [-0.15, -0.1) is 0 Å². The number of carbonyl (C=O) groups excluding carboxylic acids is 2. The molecule has 1 aromatic rings. The van der Waals surface area contributed by atoms with Crippen molar-refractivity contribution >= 4 is 11.8 Å². The summed E-state index contributed by atoms with van der Waals surface area (Å²) in [6.45, 7) is 10.0. The van der Waals surface area contributed by atoms with Crippen LogP contribution in [0.2, 0.25) is 0 Å². The van der Waals surface area contributed by atoms with E-state index in [0.717, 1.165) is 31.5 Å². The highest BCUT2D eigenvalue weighted by Gasteiger charge is 2.35. The van der Waals surface area contributed by atoms with Gasteiger partial charge in [0.1, 0.15) is 0 Å². The topological polar surface area (TPSA) is 61.7 Å². The molecule has 0 aliphatic carbocycles. The predicted molar refractivity (Wildman–Crippen MR) is 95.0 cm³/mol. The van der Waals surface area contributed by atoms with E-state index in [9.17, 15) is 9.59 Å². The molecule has 0 N–H and O–H groups in total. The fraction of sp³-hybridized carbons (Fsp3) is 0.722. The van der Waals surface area contributed by atoms with Gasteiger partial charge in [0, 0.05) is 45.3 Å². The standard InChI is InChI=1S/C18H29N5O2/c1-14-11-19-22(12-14)13-17-5-4-6-23(17)15(2)18(25)21-9-7-20(8-10-21)16(3)24/h11-12,15,17H,4-10,13H2,1-3H3. The number of nitrogens with zero attached hydrogens (tertiary/aromatic N) is 5. The normalized spacial score (nSPS) is 23.1. The number of aromatic nitrogens is 2. The van der Waals surface area contributed by atoms with Crippen LogP contribution >= 0.6 is 0 Å². The van der Waals surface area contributed by atoms with Crippen molar-refractivity contribution in [2.75, 3.05) is 32.7 Å². The van der Waals surface area contributed by atoms with Crippen LogP contribution in [0.15, 0.2) is 12.4 Å². The smallest absolute Gasteiger partial charge is 0.239 e. The van der Waals surface area contributed by atoms with E-state index in [1.54, 1.807) is 6.92 Å². The molecular weight excluding hydrogens is 318 g/mol. The molecule has 3 rings (SSSR count). The maximum absolute atomic E-state index is 12.9. The van der Waals surface area contributed by atoms with E-state index in [2.05, 4.69) is 16.2 Å². The molecule has 2 amide bonds. The largest absolute Gasteiger partial charge is 0.339 e. The number of aryl methyl sites for hydroxylation is 1. The van der Waals surface area contributed by atoms with Gasteiger partial charge in [0.15, 0.2) is 0 Å². The van der Waals surface area contributed by atoms with Gasteiger partial charge < -0.3 is 9.80 Å². The Kier molecular flexibility index (Phi) is 5.42. The van der Waals surface area contributed by atoms with Crippen molar-refractivity contribution in [3.05, 3.63) is 18.0 Å². The van der Waals surface area contributed by atoms with Crippen molar-refractivity contribution in [2.24, 2.45) is 0 Å². The lowest BCUT2D eigenvalue weighted by molar-refractivity contribution is -0.142. The summed E-state index contributed by atoms with van der Waals surface area (Å²) >= 11 is 0. The molecule has 2 aliphatic rings. The quantitative estimate of drug-likeness (QED) is 0.806. The molecule has 2 saturated heterocycles. The Hall–Kier alpha value is -1.89. The fourth-order valence-corrected chi connectivity index (χ4v) is 3.99. The van der Waals surface area contributed by atoms with Crippen molar-refractivity contribution < 1.29 is 9.59 Å². The van der Waals surface area contributed by atoms with E-state index in [4.69, 9.17) is 0 Å². The van der Waals surface area contributed by atoms with Crippen molar-refractivity contribution in [3.8, 4) is 0 Å². The monoisotopic (exact) mass is 347 g/mol. The van der Waals surface area contributed by atoms with Crippen LogP contribution in [0.4, 0.5) is 0 Å². The summed E-state index contributed by atoms with van der Waals surface area (Å²) < 4.78 is 1.99. The van der Waals surface area contributed by atoms with Crippen LogP contribution in [0, 0.1) is 6.92 Å². The molecule has 0 radical (unpaired) electrons. The molecule has 0 spiro atoms. The molecule has 2 fully saturated rings. The molecule has 138 valence electrons. The average molecular weight is 347 g/mol.